The number of ether oxygens (including phenoxy) is 1. The summed E-state index contributed by atoms with van der Waals surface area (Å²) in [5.41, 5.74) is 0.175. The maximum Gasteiger partial charge on any atom is 0.358 e. The molecule has 1 aromatic heterocycles. The third-order valence-electron chi connectivity index (χ3n) is 3.10. The number of hydrogen-bond acceptors (Lipinski definition) is 3. The Morgan fingerprint density at radius 3 is 2.75 bits per heavy atom. The molecule has 0 radical (unpaired) electrons. The van der Waals surface area contributed by atoms with Crippen molar-refractivity contribution in [2.75, 3.05) is 7.11 Å². The number of methoxy groups -OCH3 is 1. The molecule has 0 bridgehead atoms. The van der Waals surface area contributed by atoms with E-state index in [1.807, 2.05) is 0 Å². The van der Waals surface area contributed by atoms with Crippen molar-refractivity contribution in [3.05, 3.63) is 11.9 Å². The van der Waals surface area contributed by atoms with E-state index in [-0.39, 0.29) is 11.7 Å². The van der Waals surface area contributed by atoms with Gasteiger partial charge in [-0.15, -0.1) is 0 Å². The standard InChI is InChI=1S/C11H16N2O3/c1-16-9-7-12-13(10(9)11(14)15)8-5-3-2-4-6-8/h7-8H,2-6H2,1H3,(H,14,15). The molecule has 1 fully saturated rings. The highest BCUT2D eigenvalue weighted by atomic mass is 16.5. The number of rotatable bonds is 3. The molecular weight excluding hydrogens is 208 g/mol. The van der Waals surface area contributed by atoms with E-state index in [0.717, 1.165) is 25.7 Å². The predicted octanol–water partition coefficient (Wildman–Crippen LogP) is 2.10. The largest absolute Gasteiger partial charge is 0.493 e. The van der Waals surface area contributed by atoms with Crippen LogP contribution >= 0.6 is 0 Å². The molecule has 1 saturated carbocycles. The Morgan fingerprint density at radius 2 is 2.19 bits per heavy atom. The van der Waals surface area contributed by atoms with Crippen molar-refractivity contribution < 1.29 is 14.6 Å². The van der Waals surface area contributed by atoms with Gasteiger partial charge in [0.15, 0.2) is 11.4 Å². The molecule has 0 amide bonds. The Morgan fingerprint density at radius 1 is 1.50 bits per heavy atom. The van der Waals surface area contributed by atoms with E-state index in [1.165, 1.54) is 19.7 Å². The van der Waals surface area contributed by atoms with Crippen molar-refractivity contribution in [1.29, 1.82) is 0 Å². The van der Waals surface area contributed by atoms with Crippen LogP contribution in [0.2, 0.25) is 0 Å². The smallest absolute Gasteiger partial charge is 0.358 e. The third kappa shape index (κ3) is 1.89. The van der Waals surface area contributed by atoms with Crippen LogP contribution in [0, 0.1) is 0 Å². The molecule has 5 heteroatoms. The first-order chi connectivity index (χ1) is 7.74. The van der Waals surface area contributed by atoms with Gasteiger partial charge in [-0.05, 0) is 12.8 Å². The lowest BCUT2D eigenvalue weighted by Crippen LogP contribution is -2.19. The molecule has 1 aliphatic rings. The first-order valence-electron chi connectivity index (χ1n) is 5.59. The average molecular weight is 224 g/mol. The molecular formula is C11H16N2O3. The van der Waals surface area contributed by atoms with Crippen LogP contribution in [0.4, 0.5) is 0 Å². The third-order valence-corrected chi connectivity index (χ3v) is 3.10. The molecule has 1 heterocycles. The number of carboxylic acids is 1. The fraction of sp³-hybridized carbons (Fsp3) is 0.636. The summed E-state index contributed by atoms with van der Waals surface area (Å²) in [6.07, 6.45) is 7.02. The Bertz CT molecular complexity index is 381. The summed E-state index contributed by atoms with van der Waals surface area (Å²) >= 11 is 0. The summed E-state index contributed by atoms with van der Waals surface area (Å²) in [6.45, 7) is 0. The van der Waals surface area contributed by atoms with Gasteiger partial charge in [-0.3, -0.25) is 4.68 Å². The second-order valence-electron chi connectivity index (χ2n) is 4.10. The van der Waals surface area contributed by atoms with Gasteiger partial charge in [-0.2, -0.15) is 5.10 Å². The topological polar surface area (TPSA) is 64.4 Å². The molecule has 0 spiro atoms. The molecule has 88 valence electrons. The van der Waals surface area contributed by atoms with Crippen molar-refractivity contribution in [1.82, 2.24) is 9.78 Å². The van der Waals surface area contributed by atoms with Gasteiger partial charge in [-0.25, -0.2) is 4.79 Å². The summed E-state index contributed by atoms with van der Waals surface area (Å²) in [5.74, 6) is -0.627. The quantitative estimate of drug-likeness (QED) is 0.853. The van der Waals surface area contributed by atoms with Crippen LogP contribution in [0.15, 0.2) is 6.20 Å². The first kappa shape index (κ1) is 11.0. The van der Waals surface area contributed by atoms with Gasteiger partial charge < -0.3 is 9.84 Å². The summed E-state index contributed by atoms with van der Waals surface area (Å²) < 4.78 is 6.63. The highest BCUT2D eigenvalue weighted by molar-refractivity contribution is 5.88. The molecule has 0 saturated heterocycles. The molecule has 0 unspecified atom stereocenters. The van der Waals surface area contributed by atoms with E-state index in [0.29, 0.717) is 5.75 Å². The number of aromatic nitrogens is 2. The van der Waals surface area contributed by atoms with E-state index < -0.39 is 5.97 Å². The Kier molecular flexibility index (Phi) is 3.12. The monoisotopic (exact) mass is 224 g/mol. The van der Waals surface area contributed by atoms with Crippen molar-refractivity contribution in [2.24, 2.45) is 0 Å². The van der Waals surface area contributed by atoms with Gasteiger partial charge in [0.2, 0.25) is 0 Å². The number of nitrogens with zero attached hydrogens (tertiary/aromatic N) is 2. The zero-order chi connectivity index (χ0) is 11.5. The molecule has 0 atom stereocenters. The molecule has 2 rings (SSSR count). The SMILES string of the molecule is COc1cnn(C2CCCCC2)c1C(=O)O. The van der Waals surface area contributed by atoms with E-state index in [4.69, 9.17) is 9.84 Å². The minimum absolute atomic E-state index is 0.175. The molecule has 1 aromatic rings. The molecule has 1 N–H and O–H groups in total. The number of carbonyl (C=O) groups is 1. The minimum Gasteiger partial charge on any atom is -0.493 e. The van der Waals surface area contributed by atoms with Crippen LogP contribution in [0.5, 0.6) is 5.75 Å². The molecule has 0 aromatic carbocycles. The highest BCUT2D eigenvalue weighted by Crippen LogP contribution is 2.31. The fourth-order valence-electron chi connectivity index (χ4n) is 2.30. The van der Waals surface area contributed by atoms with Crippen molar-refractivity contribution in [3.63, 3.8) is 0 Å². The van der Waals surface area contributed by atoms with E-state index in [2.05, 4.69) is 5.10 Å². The lowest BCUT2D eigenvalue weighted by atomic mass is 9.95. The molecule has 0 aliphatic heterocycles. The molecule has 16 heavy (non-hydrogen) atoms. The Hall–Kier alpha value is -1.52. The molecule has 1 aliphatic carbocycles. The van der Waals surface area contributed by atoms with Gasteiger partial charge in [0.25, 0.3) is 0 Å². The maximum atomic E-state index is 11.2. The predicted molar refractivity (Wildman–Crippen MR) is 57.9 cm³/mol. The molecule has 5 nitrogen and oxygen atoms in total. The Labute approximate surface area is 94.0 Å². The van der Waals surface area contributed by atoms with Crippen molar-refractivity contribution in [2.45, 2.75) is 38.1 Å². The second-order valence-corrected chi connectivity index (χ2v) is 4.10. The first-order valence-corrected chi connectivity index (χ1v) is 5.59. The minimum atomic E-state index is -0.972. The van der Waals surface area contributed by atoms with Gasteiger partial charge in [0.1, 0.15) is 0 Å². The Balaban J connectivity index is 2.32. The number of hydrogen-bond donors (Lipinski definition) is 1. The lowest BCUT2D eigenvalue weighted by Gasteiger charge is -2.22. The average Bonchev–Trinajstić information content (AvgIpc) is 2.73. The van der Waals surface area contributed by atoms with Crippen LogP contribution in [0.1, 0.15) is 48.6 Å². The van der Waals surface area contributed by atoms with Crippen molar-refractivity contribution in [3.8, 4) is 5.75 Å². The summed E-state index contributed by atoms with van der Waals surface area (Å²) in [6, 6.07) is 0.212. The van der Waals surface area contributed by atoms with Crippen molar-refractivity contribution >= 4 is 5.97 Å². The van der Waals surface area contributed by atoms with Crippen LogP contribution in [-0.2, 0) is 0 Å². The zero-order valence-electron chi connectivity index (χ0n) is 9.35. The van der Waals surface area contributed by atoms with E-state index >= 15 is 0 Å². The summed E-state index contributed by atoms with van der Waals surface area (Å²) in [5, 5.41) is 13.3. The normalized spacial score (nSPS) is 17.3. The lowest BCUT2D eigenvalue weighted by molar-refractivity contribution is 0.0674. The zero-order valence-corrected chi connectivity index (χ0v) is 9.35. The van der Waals surface area contributed by atoms with Gasteiger partial charge >= 0.3 is 5.97 Å². The van der Waals surface area contributed by atoms with Gasteiger partial charge in [0, 0.05) is 0 Å². The van der Waals surface area contributed by atoms with Crippen LogP contribution in [0.25, 0.3) is 0 Å². The number of carboxylic acid groups (broad SMARTS) is 1. The highest BCUT2D eigenvalue weighted by Gasteiger charge is 2.25. The summed E-state index contributed by atoms with van der Waals surface area (Å²) in [4.78, 5) is 11.2. The van der Waals surface area contributed by atoms with E-state index in [9.17, 15) is 4.79 Å². The van der Waals surface area contributed by atoms with Gasteiger partial charge in [0.05, 0.1) is 19.3 Å². The summed E-state index contributed by atoms with van der Waals surface area (Å²) in [7, 11) is 1.47. The second kappa shape index (κ2) is 4.55. The van der Waals surface area contributed by atoms with Crippen LogP contribution < -0.4 is 4.74 Å². The number of aromatic carboxylic acids is 1. The maximum absolute atomic E-state index is 11.2. The fourth-order valence-corrected chi connectivity index (χ4v) is 2.30. The van der Waals surface area contributed by atoms with Crippen LogP contribution in [0.3, 0.4) is 0 Å². The van der Waals surface area contributed by atoms with Crippen LogP contribution in [-0.4, -0.2) is 28.0 Å². The van der Waals surface area contributed by atoms with E-state index in [1.54, 1.807) is 4.68 Å². The van der Waals surface area contributed by atoms with Gasteiger partial charge in [-0.1, -0.05) is 19.3 Å².